The maximum atomic E-state index is 13.3. The van der Waals surface area contributed by atoms with Crippen molar-refractivity contribution in [1.82, 2.24) is 9.97 Å². The molecule has 5 heteroatoms. The average Bonchev–Trinajstić information content (AvgIpc) is 2.96. The maximum absolute atomic E-state index is 13.3. The van der Waals surface area contributed by atoms with Crippen molar-refractivity contribution in [2.45, 2.75) is 13.3 Å². The minimum atomic E-state index is -0.361. The van der Waals surface area contributed by atoms with E-state index in [0.29, 0.717) is 16.8 Å². The van der Waals surface area contributed by atoms with Crippen molar-refractivity contribution in [3.63, 3.8) is 0 Å². The normalized spacial score (nSPS) is 15.7. The molecule has 0 fully saturated rings. The van der Waals surface area contributed by atoms with E-state index < -0.39 is 0 Å². The van der Waals surface area contributed by atoms with Gasteiger partial charge >= 0.3 is 0 Å². The summed E-state index contributed by atoms with van der Waals surface area (Å²) in [5.74, 6) is 0.262. The molecule has 0 aliphatic carbocycles. The van der Waals surface area contributed by atoms with Gasteiger partial charge in [0.25, 0.3) is 5.91 Å². The Labute approximate surface area is 109 Å². The molecule has 1 aromatic heterocycles. The summed E-state index contributed by atoms with van der Waals surface area (Å²) in [6.45, 7) is 1.99. The van der Waals surface area contributed by atoms with E-state index in [4.69, 9.17) is 0 Å². The Morgan fingerprint density at radius 2 is 2.26 bits per heavy atom. The average molecular weight is 257 g/mol. The molecule has 0 saturated heterocycles. The van der Waals surface area contributed by atoms with Gasteiger partial charge in [0.15, 0.2) is 0 Å². The first-order valence-corrected chi connectivity index (χ1v) is 6.04. The fourth-order valence-corrected chi connectivity index (χ4v) is 2.09. The third kappa shape index (κ3) is 2.03. The van der Waals surface area contributed by atoms with Crippen LogP contribution in [-0.4, -0.2) is 15.9 Å². The first-order valence-electron chi connectivity index (χ1n) is 6.04. The first kappa shape index (κ1) is 11.6. The molecule has 2 aromatic rings. The van der Waals surface area contributed by atoms with Crippen LogP contribution < -0.4 is 5.32 Å². The van der Waals surface area contributed by atoms with E-state index in [1.165, 1.54) is 12.1 Å². The SMILES string of the molecule is CCc1ncc(C=C2C(=O)Nc3ccc(F)cc32)[nH]1. The van der Waals surface area contributed by atoms with Gasteiger partial charge in [0.1, 0.15) is 11.6 Å². The molecule has 0 radical (unpaired) electrons. The number of anilines is 1. The number of rotatable bonds is 2. The Hall–Kier alpha value is -2.43. The van der Waals surface area contributed by atoms with Gasteiger partial charge in [0, 0.05) is 17.7 Å². The number of aromatic nitrogens is 2. The molecule has 19 heavy (non-hydrogen) atoms. The van der Waals surface area contributed by atoms with Crippen LogP contribution in [-0.2, 0) is 11.2 Å². The number of aryl methyl sites for hydroxylation is 1. The van der Waals surface area contributed by atoms with Crippen molar-refractivity contribution < 1.29 is 9.18 Å². The molecule has 2 heterocycles. The quantitative estimate of drug-likeness (QED) is 0.812. The van der Waals surface area contributed by atoms with E-state index >= 15 is 0 Å². The third-order valence-corrected chi connectivity index (χ3v) is 3.05. The van der Waals surface area contributed by atoms with Crippen LogP contribution in [0.4, 0.5) is 10.1 Å². The molecular weight excluding hydrogens is 245 g/mol. The second-order valence-electron chi connectivity index (χ2n) is 4.34. The molecule has 0 spiro atoms. The third-order valence-electron chi connectivity index (χ3n) is 3.05. The summed E-state index contributed by atoms with van der Waals surface area (Å²) in [7, 11) is 0. The zero-order valence-corrected chi connectivity index (χ0v) is 10.3. The molecular formula is C14H12FN3O. The van der Waals surface area contributed by atoms with Crippen LogP contribution in [0.3, 0.4) is 0 Å². The highest BCUT2D eigenvalue weighted by Crippen LogP contribution is 2.33. The maximum Gasteiger partial charge on any atom is 0.256 e. The van der Waals surface area contributed by atoms with Crippen LogP contribution in [0, 0.1) is 5.82 Å². The number of fused-ring (bicyclic) bond motifs is 1. The molecule has 2 N–H and O–H groups in total. The first-order chi connectivity index (χ1) is 9.17. The van der Waals surface area contributed by atoms with E-state index in [0.717, 1.165) is 17.9 Å². The van der Waals surface area contributed by atoms with Gasteiger partial charge in [0.2, 0.25) is 0 Å². The van der Waals surface area contributed by atoms with Crippen molar-refractivity contribution in [2.75, 3.05) is 5.32 Å². The molecule has 0 saturated carbocycles. The lowest BCUT2D eigenvalue weighted by molar-refractivity contribution is -0.110. The predicted molar refractivity (Wildman–Crippen MR) is 70.9 cm³/mol. The summed E-state index contributed by atoms with van der Waals surface area (Å²) in [5.41, 5.74) is 2.39. The molecule has 4 nitrogen and oxygen atoms in total. The number of aromatic amines is 1. The smallest absolute Gasteiger partial charge is 0.256 e. The monoisotopic (exact) mass is 257 g/mol. The highest BCUT2D eigenvalue weighted by Gasteiger charge is 2.24. The van der Waals surface area contributed by atoms with E-state index in [-0.39, 0.29) is 11.7 Å². The number of hydrogen-bond donors (Lipinski definition) is 2. The van der Waals surface area contributed by atoms with Crippen LogP contribution in [0.2, 0.25) is 0 Å². The van der Waals surface area contributed by atoms with E-state index in [2.05, 4.69) is 15.3 Å². The Morgan fingerprint density at radius 1 is 1.42 bits per heavy atom. The van der Waals surface area contributed by atoms with Crippen LogP contribution in [0.15, 0.2) is 24.4 Å². The van der Waals surface area contributed by atoms with Gasteiger partial charge in [-0.2, -0.15) is 0 Å². The van der Waals surface area contributed by atoms with Crippen LogP contribution in [0.1, 0.15) is 24.0 Å². The van der Waals surface area contributed by atoms with Gasteiger partial charge in [-0.1, -0.05) is 6.92 Å². The summed E-state index contributed by atoms with van der Waals surface area (Å²) in [6.07, 6.45) is 4.14. The molecule has 1 aliphatic rings. The Kier molecular flexibility index (Phi) is 2.67. The molecule has 96 valence electrons. The summed E-state index contributed by atoms with van der Waals surface area (Å²) in [4.78, 5) is 19.2. The van der Waals surface area contributed by atoms with Gasteiger partial charge in [0.05, 0.1) is 17.5 Å². The van der Waals surface area contributed by atoms with Gasteiger partial charge in [-0.15, -0.1) is 0 Å². The van der Waals surface area contributed by atoms with Gasteiger partial charge in [-0.3, -0.25) is 4.79 Å². The molecule has 3 rings (SSSR count). The van der Waals surface area contributed by atoms with E-state index in [9.17, 15) is 9.18 Å². The number of H-pyrrole nitrogens is 1. The number of carbonyl (C=O) groups is 1. The second-order valence-corrected chi connectivity index (χ2v) is 4.34. The standard InChI is InChI=1S/C14H12FN3O/c1-2-13-16-7-9(17-13)6-11-10-5-8(15)3-4-12(10)18-14(11)19/h3-7H,2H2,1H3,(H,16,17)(H,18,19). The fraction of sp³-hybridized carbons (Fsp3) is 0.143. The zero-order chi connectivity index (χ0) is 13.4. The summed E-state index contributed by atoms with van der Waals surface area (Å²) in [6, 6.07) is 4.25. The number of carbonyl (C=O) groups excluding carboxylic acids is 1. The zero-order valence-electron chi connectivity index (χ0n) is 10.3. The van der Waals surface area contributed by atoms with Crippen LogP contribution >= 0.6 is 0 Å². The minimum Gasteiger partial charge on any atom is -0.342 e. The number of halogens is 1. The number of hydrogen-bond acceptors (Lipinski definition) is 2. The molecule has 0 bridgehead atoms. The van der Waals surface area contributed by atoms with Gasteiger partial charge < -0.3 is 10.3 Å². The highest BCUT2D eigenvalue weighted by atomic mass is 19.1. The van der Waals surface area contributed by atoms with Crippen molar-refractivity contribution in [1.29, 1.82) is 0 Å². The van der Waals surface area contributed by atoms with Crippen molar-refractivity contribution in [3.8, 4) is 0 Å². The van der Waals surface area contributed by atoms with Crippen molar-refractivity contribution in [3.05, 3.63) is 47.3 Å². The topological polar surface area (TPSA) is 57.8 Å². The van der Waals surface area contributed by atoms with Crippen molar-refractivity contribution >= 4 is 23.2 Å². The number of amides is 1. The summed E-state index contributed by atoms with van der Waals surface area (Å²) in [5, 5.41) is 2.71. The molecule has 0 unspecified atom stereocenters. The number of nitrogens with zero attached hydrogens (tertiary/aromatic N) is 1. The largest absolute Gasteiger partial charge is 0.342 e. The summed E-state index contributed by atoms with van der Waals surface area (Å²) < 4.78 is 13.3. The Balaban J connectivity index is 2.06. The van der Waals surface area contributed by atoms with Gasteiger partial charge in [-0.25, -0.2) is 9.37 Å². The lowest BCUT2D eigenvalue weighted by atomic mass is 10.1. The lowest BCUT2D eigenvalue weighted by Crippen LogP contribution is -2.03. The molecule has 1 amide bonds. The van der Waals surface area contributed by atoms with Crippen LogP contribution in [0.25, 0.3) is 11.6 Å². The van der Waals surface area contributed by atoms with Crippen LogP contribution in [0.5, 0.6) is 0 Å². The lowest BCUT2D eigenvalue weighted by Gasteiger charge is -1.97. The highest BCUT2D eigenvalue weighted by molar-refractivity contribution is 6.34. The summed E-state index contributed by atoms with van der Waals surface area (Å²) >= 11 is 0. The van der Waals surface area contributed by atoms with Gasteiger partial charge in [-0.05, 0) is 24.3 Å². The van der Waals surface area contributed by atoms with Crippen molar-refractivity contribution in [2.24, 2.45) is 0 Å². The van der Waals surface area contributed by atoms with E-state index in [1.54, 1.807) is 18.3 Å². The fourth-order valence-electron chi connectivity index (χ4n) is 2.09. The number of imidazole rings is 1. The Morgan fingerprint density at radius 3 is 3.00 bits per heavy atom. The molecule has 1 aliphatic heterocycles. The predicted octanol–water partition coefficient (Wildman–Crippen LogP) is 2.60. The second kappa shape index (κ2) is 4.35. The molecule has 0 atom stereocenters. The Bertz CT molecular complexity index is 688. The van der Waals surface area contributed by atoms with E-state index in [1.807, 2.05) is 6.92 Å². The minimum absolute atomic E-state index is 0.228. The number of benzene rings is 1. The molecule has 1 aromatic carbocycles. The number of nitrogens with one attached hydrogen (secondary N) is 2.